The van der Waals surface area contributed by atoms with Gasteiger partial charge >= 0.3 is 5.97 Å². The van der Waals surface area contributed by atoms with Crippen molar-refractivity contribution in [2.45, 2.75) is 18.8 Å². The monoisotopic (exact) mass is 491 g/mol. The third-order valence-electron chi connectivity index (χ3n) is 6.82. The maximum atomic E-state index is 15.5. The number of benzene rings is 3. The molecule has 0 bridgehead atoms. The quantitative estimate of drug-likeness (QED) is 0.315. The fraction of sp³-hybridized carbons (Fsp3) is 0.185. The lowest BCUT2D eigenvalue weighted by Crippen LogP contribution is -2.17. The number of nitrogens with one attached hydrogen (secondary N) is 1. The van der Waals surface area contributed by atoms with Crippen LogP contribution in [0.3, 0.4) is 0 Å². The number of rotatable bonds is 4. The van der Waals surface area contributed by atoms with Crippen molar-refractivity contribution in [3.63, 3.8) is 0 Å². The topological polar surface area (TPSA) is 80.1 Å². The van der Waals surface area contributed by atoms with E-state index in [-0.39, 0.29) is 17.0 Å². The lowest BCUT2D eigenvalue weighted by Gasteiger charge is -2.26. The number of carbonyl (C=O) groups is 1. The number of nitrogens with zero attached hydrogens (tertiary/aromatic N) is 2. The summed E-state index contributed by atoms with van der Waals surface area (Å²) in [5.41, 5.74) is 3.18. The molecular formula is C27H20F3N3O3. The fourth-order valence-electron chi connectivity index (χ4n) is 5.14. The number of aromatic amines is 1. The van der Waals surface area contributed by atoms with Crippen molar-refractivity contribution in [2.75, 3.05) is 13.2 Å². The molecule has 3 aromatic carbocycles. The Hall–Kier alpha value is -4.11. The van der Waals surface area contributed by atoms with Crippen LogP contribution < -0.4 is 0 Å². The highest BCUT2D eigenvalue weighted by atomic mass is 19.2. The minimum absolute atomic E-state index is 0.0655. The molecule has 3 heterocycles. The molecule has 182 valence electrons. The van der Waals surface area contributed by atoms with Crippen LogP contribution in [0, 0.1) is 17.5 Å². The van der Waals surface area contributed by atoms with E-state index in [2.05, 4.69) is 10.2 Å². The summed E-state index contributed by atoms with van der Waals surface area (Å²) in [6.45, 7) is 1.02. The number of ether oxygens (including phenoxy) is 1. The number of hydrogen-bond acceptors (Lipinski definition) is 3. The van der Waals surface area contributed by atoms with E-state index >= 15 is 4.39 Å². The summed E-state index contributed by atoms with van der Waals surface area (Å²) in [5, 5.41) is 17.8. The van der Waals surface area contributed by atoms with Gasteiger partial charge in [0.25, 0.3) is 0 Å². The van der Waals surface area contributed by atoms with E-state index in [1.165, 1.54) is 18.2 Å². The van der Waals surface area contributed by atoms with Gasteiger partial charge in [-0.15, -0.1) is 0 Å². The van der Waals surface area contributed by atoms with Crippen molar-refractivity contribution in [1.82, 2.24) is 14.8 Å². The molecule has 0 unspecified atom stereocenters. The molecule has 5 aromatic rings. The predicted molar refractivity (Wildman–Crippen MR) is 128 cm³/mol. The van der Waals surface area contributed by atoms with Crippen molar-refractivity contribution >= 4 is 27.8 Å². The molecule has 6 nitrogen and oxygen atoms in total. The van der Waals surface area contributed by atoms with Crippen molar-refractivity contribution in [1.29, 1.82) is 0 Å². The van der Waals surface area contributed by atoms with Gasteiger partial charge in [0.15, 0.2) is 11.6 Å². The first-order chi connectivity index (χ1) is 17.4. The highest BCUT2D eigenvalue weighted by molar-refractivity contribution is 6.06. The maximum Gasteiger partial charge on any atom is 0.335 e. The van der Waals surface area contributed by atoms with Gasteiger partial charge in [-0.1, -0.05) is 6.07 Å². The molecule has 0 aliphatic carbocycles. The number of H-pyrrole nitrogens is 1. The van der Waals surface area contributed by atoms with Gasteiger partial charge in [0.1, 0.15) is 5.82 Å². The van der Waals surface area contributed by atoms with Gasteiger partial charge in [0, 0.05) is 58.5 Å². The van der Waals surface area contributed by atoms with Crippen LogP contribution in [0.25, 0.3) is 38.6 Å². The van der Waals surface area contributed by atoms with Gasteiger partial charge in [0.2, 0.25) is 0 Å². The summed E-state index contributed by atoms with van der Waals surface area (Å²) < 4.78 is 51.2. The highest BCUT2D eigenvalue weighted by Crippen LogP contribution is 2.45. The molecular weight excluding hydrogens is 471 g/mol. The van der Waals surface area contributed by atoms with E-state index in [4.69, 9.17) is 4.74 Å². The van der Waals surface area contributed by atoms with E-state index in [0.29, 0.717) is 48.2 Å². The van der Waals surface area contributed by atoms with E-state index in [1.54, 1.807) is 6.20 Å². The average Bonchev–Trinajstić information content (AvgIpc) is 3.46. The Morgan fingerprint density at radius 1 is 1.00 bits per heavy atom. The molecule has 6 rings (SSSR count). The van der Waals surface area contributed by atoms with Crippen molar-refractivity contribution in [3.8, 4) is 16.8 Å². The van der Waals surface area contributed by atoms with Gasteiger partial charge in [0.05, 0.1) is 22.8 Å². The summed E-state index contributed by atoms with van der Waals surface area (Å²) >= 11 is 0. The van der Waals surface area contributed by atoms with Gasteiger partial charge in [-0.2, -0.15) is 5.10 Å². The zero-order valence-electron chi connectivity index (χ0n) is 18.9. The number of carboxylic acid groups (broad SMARTS) is 1. The van der Waals surface area contributed by atoms with Crippen molar-refractivity contribution in [3.05, 3.63) is 83.4 Å². The molecule has 9 heteroatoms. The first-order valence-electron chi connectivity index (χ1n) is 11.5. The Bertz CT molecular complexity index is 1650. The van der Waals surface area contributed by atoms with E-state index in [0.717, 1.165) is 34.8 Å². The van der Waals surface area contributed by atoms with Crippen molar-refractivity contribution < 1.29 is 27.8 Å². The molecule has 0 saturated carbocycles. The zero-order valence-corrected chi connectivity index (χ0v) is 18.9. The molecule has 1 saturated heterocycles. The van der Waals surface area contributed by atoms with Gasteiger partial charge in [-0.3, -0.25) is 5.10 Å². The first kappa shape index (κ1) is 22.4. The lowest BCUT2D eigenvalue weighted by atomic mass is 9.89. The van der Waals surface area contributed by atoms with E-state index in [1.807, 2.05) is 16.7 Å². The minimum atomic E-state index is -1.23. The summed E-state index contributed by atoms with van der Waals surface area (Å²) in [4.78, 5) is 11.4. The summed E-state index contributed by atoms with van der Waals surface area (Å²) in [6.07, 6.45) is 2.97. The molecule has 2 N–H and O–H groups in total. The third-order valence-corrected chi connectivity index (χ3v) is 6.82. The summed E-state index contributed by atoms with van der Waals surface area (Å²) in [5.74, 6) is -3.93. The molecule has 36 heavy (non-hydrogen) atoms. The van der Waals surface area contributed by atoms with Crippen LogP contribution in [-0.2, 0) is 4.74 Å². The Morgan fingerprint density at radius 3 is 2.53 bits per heavy atom. The Kier molecular flexibility index (Phi) is 5.30. The molecule has 0 spiro atoms. The van der Waals surface area contributed by atoms with E-state index in [9.17, 15) is 18.7 Å². The summed E-state index contributed by atoms with van der Waals surface area (Å²) in [6, 6.07) is 11.3. The van der Waals surface area contributed by atoms with Crippen LogP contribution in [-0.4, -0.2) is 39.1 Å². The molecule has 1 aliphatic heterocycles. The number of halogens is 3. The largest absolute Gasteiger partial charge is 0.478 e. The number of aromatic nitrogens is 3. The SMILES string of the molecule is O=C(O)c1ccc(-c2c(C3CCOCC3)n(-c3ccc(F)c(F)c3)c3cc4cn[nH]c4cc23)c(F)c1. The lowest BCUT2D eigenvalue weighted by molar-refractivity contribution is 0.0696. The minimum Gasteiger partial charge on any atom is -0.478 e. The first-order valence-corrected chi connectivity index (χ1v) is 11.5. The number of carboxylic acids is 1. The smallest absolute Gasteiger partial charge is 0.335 e. The molecule has 2 aromatic heterocycles. The highest BCUT2D eigenvalue weighted by Gasteiger charge is 2.30. The second-order valence-corrected chi connectivity index (χ2v) is 8.91. The second-order valence-electron chi connectivity index (χ2n) is 8.91. The fourth-order valence-corrected chi connectivity index (χ4v) is 5.14. The van der Waals surface area contributed by atoms with Crippen LogP contribution in [0.1, 0.15) is 34.8 Å². The van der Waals surface area contributed by atoms with Gasteiger partial charge in [-0.05, 0) is 49.2 Å². The normalized spacial score (nSPS) is 14.6. The number of hydrogen-bond donors (Lipinski definition) is 2. The molecule has 1 fully saturated rings. The van der Waals surface area contributed by atoms with E-state index < -0.39 is 23.4 Å². The predicted octanol–water partition coefficient (Wildman–Crippen LogP) is 6.18. The molecule has 0 amide bonds. The summed E-state index contributed by atoms with van der Waals surface area (Å²) in [7, 11) is 0. The molecule has 0 radical (unpaired) electrons. The Labute approximate surface area is 202 Å². The average molecular weight is 491 g/mol. The standard InChI is InChI=1S/C27H20F3N3O3/c28-20-4-2-17(11-22(20)30)33-24-10-16-13-31-32-23(16)12-19(24)25(26(33)14-5-7-36-8-6-14)18-3-1-15(27(34)35)9-21(18)29/h1-4,9-14H,5-8H2,(H,31,32)(H,34,35). The van der Waals surface area contributed by atoms with Crippen LogP contribution in [0.2, 0.25) is 0 Å². The molecule has 0 atom stereocenters. The van der Waals surface area contributed by atoms with Crippen molar-refractivity contribution in [2.24, 2.45) is 0 Å². The molecule has 1 aliphatic rings. The maximum absolute atomic E-state index is 15.5. The Morgan fingerprint density at radius 2 is 1.81 bits per heavy atom. The second kappa shape index (κ2) is 8.53. The van der Waals surface area contributed by atoms with Crippen LogP contribution in [0.4, 0.5) is 13.2 Å². The van der Waals surface area contributed by atoms with Crippen LogP contribution in [0.15, 0.2) is 54.7 Å². The van der Waals surface area contributed by atoms with Crippen LogP contribution in [0.5, 0.6) is 0 Å². The number of fused-ring (bicyclic) bond motifs is 2. The number of aromatic carboxylic acids is 1. The van der Waals surface area contributed by atoms with Gasteiger partial charge in [-0.25, -0.2) is 18.0 Å². The van der Waals surface area contributed by atoms with Gasteiger partial charge < -0.3 is 14.4 Å². The zero-order chi connectivity index (χ0) is 25.0. The van der Waals surface area contributed by atoms with Crippen LogP contribution >= 0.6 is 0 Å². The Balaban J connectivity index is 1.75. The third kappa shape index (κ3) is 3.54.